The Bertz CT molecular complexity index is 426. The number of likely N-dealkylation sites (N-methyl/N-ethyl adjacent to an activating group) is 1. The number of halogens is 1. The van der Waals surface area contributed by atoms with Crippen molar-refractivity contribution in [2.45, 2.75) is 20.4 Å². The summed E-state index contributed by atoms with van der Waals surface area (Å²) in [6, 6.07) is 0. The number of amides is 1. The highest BCUT2D eigenvalue weighted by Crippen LogP contribution is 1.95. The lowest BCUT2D eigenvalue weighted by Crippen LogP contribution is -2.36. The SMILES string of the molecule is CCN(CC)C(=O)Cn1cncc(I)c1=O. The molecule has 88 valence electrons. The molecule has 1 aromatic rings. The van der Waals surface area contributed by atoms with Crippen molar-refractivity contribution in [3.8, 4) is 0 Å². The minimum Gasteiger partial charge on any atom is -0.342 e. The fourth-order valence-corrected chi connectivity index (χ4v) is 1.83. The molecule has 0 bridgehead atoms. The lowest BCUT2D eigenvalue weighted by Gasteiger charge is -2.18. The van der Waals surface area contributed by atoms with Crippen LogP contribution in [0.5, 0.6) is 0 Å². The molecule has 0 aliphatic carbocycles. The molecule has 0 aliphatic rings. The van der Waals surface area contributed by atoms with Gasteiger partial charge in [-0.05, 0) is 36.4 Å². The molecule has 0 saturated heterocycles. The van der Waals surface area contributed by atoms with Gasteiger partial charge in [-0.1, -0.05) is 0 Å². The number of aromatic nitrogens is 2. The van der Waals surface area contributed by atoms with Crippen molar-refractivity contribution in [2.75, 3.05) is 13.1 Å². The Morgan fingerprint density at radius 2 is 2.12 bits per heavy atom. The Morgan fingerprint density at radius 1 is 1.50 bits per heavy atom. The van der Waals surface area contributed by atoms with E-state index < -0.39 is 0 Å². The predicted molar refractivity (Wildman–Crippen MR) is 69.1 cm³/mol. The van der Waals surface area contributed by atoms with Crippen molar-refractivity contribution in [3.63, 3.8) is 0 Å². The Balaban J connectivity index is 2.85. The van der Waals surface area contributed by atoms with Gasteiger partial charge in [0.05, 0.1) is 9.90 Å². The van der Waals surface area contributed by atoms with E-state index in [4.69, 9.17) is 0 Å². The molecule has 16 heavy (non-hydrogen) atoms. The van der Waals surface area contributed by atoms with E-state index in [-0.39, 0.29) is 18.0 Å². The summed E-state index contributed by atoms with van der Waals surface area (Å²) in [5, 5.41) is 0. The second-order valence-electron chi connectivity index (χ2n) is 3.24. The van der Waals surface area contributed by atoms with Gasteiger partial charge in [0.15, 0.2) is 0 Å². The fourth-order valence-electron chi connectivity index (χ4n) is 1.36. The molecule has 0 spiro atoms. The molecule has 1 heterocycles. The molecule has 1 amide bonds. The van der Waals surface area contributed by atoms with Crippen molar-refractivity contribution >= 4 is 28.5 Å². The highest BCUT2D eigenvalue weighted by Gasteiger charge is 2.11. The number of carbonyl (C=O) groups is 1. The third-order valence-electron chi connectivity index (χ3n) is 2.28. The molecular weight excluding hydrogens is 321 g/mol. The molecule has 0 fully saturated rings. The van der Waals surface area contributed by atoms with Crippen LogP contribution in [0.4, 0.5) is 0 Å². The minimum atomic E-state index is -0.170. The predicted octanol–water partition coefficient (Wildman–Crippen LogP) is 0.716. The highest BCUT2D eigenvalue weighted by atomic mass is 127. The lowest BCUT2D eigenvalue weighted by molar-refractivity contribution is -0.131. The second kappa shape index (κ2) is 5.97. The number of carbonyl (C=O) groups excluding carboxylic acids is 1. The zero-order valence-electron chi connectivity index (χ0n) is 9.31. The Labute approximate surface area is 108 Å². The number of hydrogen-bond donors (Lipinski definition) is 0. The van der Waals surface area contributed by atoms with Gasteiger partial charge in [-0.2, -0.15) is 0 Å². The smallest absolute Gasteiger partial charge is 0.267 e. The molecule has 5 nitrogen and oxygen atoms in total. The van der Waals surface area contributed by atoms with Crippen LogP contribution in [0.15, 0.2) is 17.3 Å². The molecule has 0 atom stereocenters. The van der Waals surface area contributed by atoms with Crippen LogP contribution in [0.25, 0.3) is 0 Å². The van der Waals surface area contributed by atoms with Crippen molar-refractivity contribution in [1.29, 1.82) is 0 Å². The first-order chi connectivity index (χ1) is 7.60. The molecule has 0 N–H and O–H groups in total. The van der Waals surface area contributed by atoms with Crippen LogP contribution in [0.2, 0.25) is 0 Å². The zero-order valence-corrected chi connectivity index (χ0v) is 11.5. The van der Waals surface area contributed by atoms with Crippen LogP contribution >= 0.6 is 22.6 Å². The zero-order chi connectivity index (χ0) is 12.1. The van der Waals surface area contributed by atoms with Crippen molar-refractivity contribution in [3.05, 3.63) is 26.4 Å². The molecule has 1 rings (SSSR count). The number of hydrogen-bond acceptors (Lipinski definition) is 3. The van der Waals surface area contributed by atoms with Gasteiger partial charge in [-0.3, -0.25) is 14.2 Å². The summed E-state index contributed by atoms with van der Waals surface area (Å²) >= 11 is 1.91. The Kier molecular flexibility index (Phi) is 4.91. The molecule has 1 aromatic heterocycles. The molecule has 0 radical (unpaired) electrons. The lowest BCUT2D eigenvalue weighted by atomic mass is 10.4. The minimum absolute atomic E-state index is 0.0594. The maximum Gasteiger partial charge on any atom is 0.267 e. The average Bonchev–Trinajstić information content (AvgIpc) is 2.26. The van der Waals surface area contributed by atoms with Gasteiger partial charge < -0.3 is 4.90 Å². The van der Waals surface area contributed by atoms with Gasteiger partial charge in [0.1, 0.15) is 6.54 Å². The molecule has 0 unspecified atom stereocenters. The summed E-state index contributed by atoms with van der Waals surface area (Å²) in [5.41, 5.74) is -0.170. The standard InChI is InChI=1S/C10H14IN3O2/c1-3-13(4-2)9(15)6-14-7-12-5-8(11)10(14)16/h5,7H,3-4,6H2,1-2H3. The van der Waals surface area contributed by atoms with E-state index in [1.807, 2.05) is 36.4 Å². The molecule has 0 aliphatic heterocycles. The van der Waals surface area contributed by atoms with Crippen molar-refractivity contribution in [2.24, 2.45) is 0 Å². The van der Waals surface area contributed by atoms with E-state index in [1.165, 1.54) is 17.1 Å². The maximum atomic E-state index is 11.8. The highest BCUT2D eigenvalue weighted by molar-refractivity contribution is 14.1. The Hall–Kier alpha value is -0.920. The van der Waals surface area contributed by atoms with E-state index in [2.05, 4.69) is 4.98 Å². The van der Waals surface area contributed by atoms with Gasteiger partial charge in [0.25, 0.3) is 5.56 Å². The van der Waals surface area contributed by atoms with Gasteiger partial charge in [0.2, 0.25) is 5.91 Å². The summed E-state index contributed by atoms with van der Waals surface area (Å²) in [4.78, 5) is 29.0. The van der Waals surface area contributed by atoms with Gasteiger partial charge in [-0.25, -0.2) is 4.98 Å². The third kappa shape index (κ3) is 3.03. The first-order valence-electron chi connectivity index (χ1n) is 5.07. The third-order valence-corrected chi connectivity index (χ3v) is 3.02. The summed E-state index contributed by atoms with van der Waals surface area (Å²) in [7, 11) is 0. The van der Waals surface area contributed by atoms with E-state index in [0.29, 0.717) is 16.7 Å². The summed E-state index contributed by atoms with van der Waals surface area (Å²) in [5.74, 6) is -0.0594. The van der Waals surface area contributed by atoms with Crippen LogP contribution in [0.1, 0.15) is 13.8 Å². The Morgan fingerprint density at radius 3 is 2.69 bits per heavy atom. The summed E-state index contributed by atoms with van der Waals surface area (Å²) in [6.45, 7) is 5.20. The second-order valence-corrected chi connectivity index (χ2v) is 4.40. The summed E-state index contributed by atoms with van der Waals surface area (Å²) < 4.78 is 1.86. The van der Waals surface area contributed by atoms with Gasteiger partial charge >= 0.3 is 0 Å². The van der Waals surface area contributed by atoms with E-state index in [0.717, 1.165) is 0 Å². The molecular formula is C10H14IN3O2. The quantitative estimate of drug-likeness (QED) is 0.762. The maximum absolute atomic E-state index is 11.8. The van der Waals surface area contributed by atoms with Crippen LogP contribution < -0.4 is 5.56 Å². The average molecular weight is 335 g/mol. The van der Waals surface area contributed by atoms with Gasteiger partial charge in [0, 0.05) is 19.3 Å². The van der Waals surface area contributed by atoms with Crippen LogP contribution in [-0.4, -0.2) is 33.4 Å². The first kappa shape index (κ1) is 13.1. The van der Waals surface area contributed by atoms with Crippen LogP contribution in [0.3, 0.4) is 0 Å². The fraction of sp³-hybridized carbons (Fsp3) is 0.500. The molecule has 0 aromatic carbocycles. The van der Waals surface area contributed by atoms with Gasteiger partial charge in [-0.15, -0.1) is 0 Å². The van der Waals surface area contributed by atoms with Crippen LogP contribution in [-0.2, 0) is 11.3 Å². The summed E-state index contributed by atoms with van der Waals surface area (Å²) in [6.07, 6.45) is 2.88. The topological polar surface area (TPSA) is 55.2 Å². The van der Waals surface area contributed by atoms with Crippen LogP contribution in [0, 0.1) is 3.57 Å². The monoisotopic (exact) mass is 335 g/mol. The van der Waals surface area contributed by atoms with Crippen molar-refractivity contribution in [1.82, 2.24) is 14.5 Å². The largest absolute Gasteiger partial charge is 0.342 e. The molecule has 6 heteroatoms. The van der Waals surface area contributed by atoms with E-state index >= 15 is 0 Å². The van der Waals surface area contributed by atoms with E-state index in [9.17, 15) is 9.59 Å². The van der Waals surface area contributed by atoms with Crippen molar-refractivity contribution < 1.29 is 4.79 Å². The number of nitrogens with zero attached hydrogens (tertiary/aromatic N) is 3. The number of rotatable bonds is 4. The van der Waals surface area contributed by atoms with E-state index in [1.54, 1.807) is 4.90 Å². The molecule has 0 saturated carbocycles. The normalized spacial score (nSPS) is 10.2. The first-order valence-corrected chi connectivity index (χ1v) is 6.15.